The molecule has 3 rings (SSSR count). The van der Waals surface area contributed by atoms with Crippen molar-refractivity contribution in [2.75, 3.05) is 5.32 Å². The summed E-state index contributed by atoms with van der Waals surface area (Å²) in [4.78, 5) is 4.60. The van der Waals surface area contributed by atoms with Crippen LogP contribution in [0, 0.1) is 6.92 Å². The zero-order valence-electron chi connectivity index (χ0n) is 11.8. The average molecular weight is 317 g/mol. The van der Waals surface area contributed by atoms with Crippen LogP contribution in [0.3, 0.4) is 0 Å². The number of hydrogen-bond donors (Lipinski definition) is 1. The van der Waals surface area contributed by atoms with Gasteiger partial charge in [-0.25, -0.2) is 4.98 Å². The van der Waals surface area contributed by atoms with E-state index in [1.54, 1.807) is 29.4 Å². The van der Waals surface area contributed by atoms with Crippen LogP contribution in [0.15, 0.2) is 41.1 Å². The zero-order valence-corrected chi connectivity index (χ0v) is 13.4. The molecule has 0 radical (unpaired) electrons. The summed E-state index contributed by atoms with van der Waals surface area (Å²) in [6.07, 6.45) is 1.70. The minimum absolute atomic E-state index is 0.790. The van der Waals surface area contributed by atoms with Gasteiger partial charge in [0, 0.05) is 23.9 Å². The number of rotatable bonds is 5. The molecule has 0 aliphatic heterocycles. The van der Waals surface area contributed by atoms with Crippen molar-refractivity contribution in [3.8, 4) is 0 Å². The highest BCUT2D eigenvalue weighted by molar-refractivity contribution is 7.98. The molecule has 0 amide bonds. The van der Waals surface area contributed by atoms with Crippen LogP contribution in [-0.2, 0) is 12.8 Å². The molecule has 0 bridgehead atoms. The lowest BCUT2D eigenvalue weighted by Crippen LogP contribution is -1.93. The summed E-state index contributed by atoms with van der Waals surface area (Å²) in [6, 6.07) is 8.20. The van der Waals surface area contributed by atoms with Crippen molar-refractivity contribution < 1.29 is 0 Å². The van der Waals surface area contributed by atoms with Crippen molar-refractivity contribution in [3.63, 3.8) is 0 Å². The van der Waals surface area contributed by atoms with Crippen molar-refractivity contribution in [3.05, 3.63) is 47.2 Å². The number of nitrogens with one attached hydrogen (secondary N) is 1. The van der Waals surface area contributed by atoms with E-state index < -0.39 is 0 Å². The number of thiazole rings is 1. The fourth-order valence-corrected chi connectivity index (χ4v) is 3.41. The molecule has 3 aromatic rings. The Bertz CT molecular complexity index is 734. The third kappa shape index (κ3) is 3.43. The van der Waals surface area contributed by atoms with Gasteiger partial charge < -0.3 is 9.88 Å². The fraction of sp³-hybridized carbons (Fsp3) is 0.214. The molecule has 0 saturated heterocycles. The van der Waals surface area contributed by atoms with E-state index >= 15 is 0 Å². The van der Waals surface area contributed by atoms with Gasteiger partial charge in [-0.05, 0) is 18.6 Å². The number of hydrogen-bond acceptors (Lipinski definition) is 6. The molecule has 7 heteroatoms. The number of aryl methyl sites for hydroxylation is 2. The van der Waals surface area contributed by atoms with E-state index in [-0.39, 0.29) is 0 Å². The number of benzene rings is 1. The Labute approximate surface area is 131 Å². The van der Waals surface area contributed by atoms with E-state index in [1.807, 2.05) is 23.7 Å². The van der Waals surface area contributed by atoms with Gasteiger partial charge in [0.15, 0.2) is 10.3 Å². The highest BCUT2D eigenvalue weighted by Gasteiger charge is 2.07. The molecule has 21 heavy (non-hydrogen) atoms. The zero-order chi connectivity index (χ0) is 14.7. The summed E-state index contributed by atoms with van der Waals surface area (Å²) < 4.78 is 1.91. The number of nitrogens with zero attached hydrogens (tertiary/aromatic N) is 4. The van der Waals surface area contributed by atoms with E-state index in [9.17, 15) is 0 Å². The maximum Gasteiger partial charge on any atom is 0.191 e. The number of thioether (sulfide) groups is 1. The average Bonchev–Trinajstić information content (AvgIpc) is 3.08. The summed E-state index contributed by atoms with van der Waals surface area (Å²) in [5, 5.41) is 15.2. The first-order valence-electron chi connectivity index (χ1n) is 6.46. The molecule has 0 spiro atoms. The Hall–Kier alpha value is -1.86. The van der Waals surface area contributed by atoms with E-state index in [4.69, 9.17) is 0 Å². The van der Waals surface area contributed by atoms with Crippen molar-refractivity contribution in [1.29, 1.82) is 0 Å². The number of para-hydroxylation sites is 1. The Morgan fingerprint density at radius 1 is 1.33 bits per heavy atom. The Balaban J connectivity index is 1.64. The second-order valence-electron chi connectivity index (χ2n) is 4.60. The lowest BCUT2D eigenvalue weighted by atomic mass is 10.2. The topological polar surface area (TPSA) is 55.6 Å². The van der Waals surface area contributed by atoms with E-state index in [1.165, 1.54) is 5.56 Å². The van der Waals surface area contributed by atoms with Crippen LogP contribution in [0.2, 0.25) is 0 Å². The molecule has 0 unspecified atom stereocenters. The third-order valence-electron chi connectivity index (χ3n) is 2.96. The van der Waals surface area contributed by atoms with Crippen molar-refractivity contribution >= 4 is 33.9 Å². The van der Waals surface area contributed by atoms with Gasteiger partial charge in [0.25, 0.3) is 0 Å². The smallest absolute Gasteiger partial charge is 0.191 e. The van der Waals surface area contributed by atoms with Gasteiger partial charge in [0.05, 0.1) is 5.69 Å². The molecule has 0 saturated carbocycles. The van der Waals surface area contributed by atoms with Crippen molar-refractivity contribution in [2.45, 2.75) is 17.8 Å². The van der Waals surface area contributed by atoms with E-state index in [0.717, 1.165) is 27.4 Å². The molecule has 108 valence electrons. The summed E-state index contributed by atoms with van der Waals surface area (Å²) in [5.74, 6) is 0.790. The first-order valence-corrected chi connectivity index (χ1v) is 8.33. The monoisotopic (exact) mass is 317 g/mol. The maximum atomic E-state index is 4.60. The molecule has 2 aromatic heterocycles. The predicted octanol–water partition coefficient (Wildman–Crippen LogP) is 3.62. The van der Waals surface area contributed by atoms with Gasteiger partial charge in [0.2, 0.25) is 0 Å². The van der Waals surface area contributed by atoms with Gasteiger partial charge in [-0.2, -0.15) is 0 Å². The second kappa shape index (κ2) is 6.28. The van der Waals surface area contributed by atoms with Crippen LogP contribution in [0.25, 0.3) is 0 Å². The minimum Gasteiger partial charge on any atom is -0.331 e. The summed E-state index contributed by atoms with van der Waals surface area (Å²) in [6.45, 7) is 2.08. The Kier molecular flexibility index (Phi) is 4.21. The van der Waals surface area contributed by atoms with E-state index in [0.29, 0.717) is 0 Å². The van der Waals surface area contributed by atoms with Crippen LogP contribution < -0.4 is 5.32 Å². The first-order chi connectivity index (χ1) is 10.2. The SMILES string of the molecule is Cc1ccccc1Nc1nc(CSc2nncn2C)cs1. The molecule has 1 aromatic carbocycles. The fourth-order valence-electron chi connectivity index (χ4n) is 1.80. The highest BCUT2D eigenvalue weighted by atomic mass is 32.2. The minimum atomic E-state index is 0.790. The van der Waals surface area contributed by atoms with Gasteiger partial charge in [0.1, 0.15) is 6.33 Å². The largest absolute Gasteiger partial charge is 0.331 e. The maximum absolute atomic E-state index is 4.60. The van der Waals surface area contributed by atoms with Gasteiger partial charge in [-0.15, -0.1) is 21.5 Å². The molecule has 5 nitrogen and oxygen atoms in total. The second-order valence-corrected chi connectivity index (χ2v) is 6.40. The normalized spacial score (nSPS) is 10.8. The molecule has 2 heterocycles. The summed E-state index contributed by atoms with van der Waals surface area (Å²) in [7, 11) is 1.94. The lowest BCUT2D eigenvalue weighted by molar-refractivity contribution is 0.788. The van der Waals surface area contributed by atoms with E-state index in [2.05, 4.69) is 44.9 Å². The van der Waals surface area contributed by atoms with Crippen LogP contribution in [0.5, 0.6) is 0 Å². The number of aromatic nitrogens is 4. The molecular weight excluding hydrogens is 302 g/mol. The first kappa shape index (κ1) is 14.1. The Morgan fingerprint density at radius 2 is 2.19 bits per heavy atom. The molecule has 0 fully saturated rings. The van der Waals surface area contributed by atoms with Crippen LogP contribution in [0.1, 0.15) is 11.3 Å². The number of anilines is 2. The lowest BCUT2D eigenvalue weighted by Gasteiger charge is -2.05. The molecule has 0 aliphatic rings. The summed E-state index contributed by atoms with van der Waals surface area (Å²) >= 11 is 3.25. The highest BCUT2D eigenvalue weighted by Crippen LogP contribution is 2.26. The standard InChI is InChI=1S/C14H15N5S2/c1-10-5-3-4-6-12(10)17-13-16-11(7-20-13)8-21-14-18-15-9-19(14)2/h3-7,9H,8H2,1-2H3,(H,16,17). The molecular formula is C14H15N5S2. The molecule has 1 N–H and O–H groups in total. The van der Waals surface area contributed by atoms with Gasteiger partial charge in [-0.1, -0.05) is 30.0 Å². The quantitative estimate of drug-likeness (QED) is 0.728. The van der Waals surface area contributed by atoms with Gasteiger partial charge >= 0.3 is 0 Å². The molecule has 0 atom stereocenters. The van der Waals surface area contributed by atoms with Crippen molar-refractivity contribution in [2.24, 2.45) is 7.05 Å². The Morgan fingerprint density at radius 3 is 2.95 bits per heavy atom. The van der Waals surface area contributed by atoms with Crippen molar-refractivity contribution in [1.82, 2.24) is 19.7 Å². The van der Waals surface area contributed by atoms with Crippen LogP contribution in [0.4, 0.5) is 10.8 Å². The van der Waals surface area contributed by atoms with Crippen LogP contribution in [-0.4, -0.2) is 19.7 Å². The molecule has 0 aliphatic carbocycles. The van der Waals surface area contributed by atoms with Crippen LogP contribution >= 0.6 is 23.1 Å². The third-order valence-corrected chi connectivity index (χ3v) is 4.83. The summed E-state index contributed by atoms with van der Waals surface area (Å²) in [5.41, 5.74) is 3.35. The van der Waals surface area contributed by atoms with Gasteiger partial charge in [-0.3, -0.25) is 0 Å². The predicted molar refractivity (Wildman–Crippen MR) is 87.1 cm³/mol.